The van der Waals surface area contributed by atoms with Gasteiger partial charge in [0.15, 0.2) is 0 Å². The third kappa shape index (κ3) is 2.34. The van der Waals surface area contributed by atoms with Gasteiger partial charge in [-0.25, -0.2) is 0 Å². The molecule has 0 aromatic carbocycles. The predicted molar refractivity (Wildman–Crippen MR) is 37.9 cm³/mol. The second-order valence-electron chi connectivity index (χ2n) is 1.87. The molecule has 1 heterocycles. The van der Waals surface area contributed by atoms with Gasteiger partial charge in [0.2, 0.25) is 0 Å². The van der Waals surface area contributed by atoms with Crippen LogP contribution in [0.5, 0.6) is 0 Å². The van der Waals surface area contributed by atoms with Gasteiger partial charge in [-0.05, 0) is 0 Å². The maximum absolute atomic E-state index is 5.22. The van der Waals surface area contributed by atoms with Crippen LogP contribution >= 0.6 is 18.6 Å². The first kappa shape index (κ1) is 7.53. The molecule has 0 aromatic rings. The van der Waals surface area contributed by atoms with Crippen molar-refractivity contribution in [1.82, 2.24) is 0 Å². The molecule has 8 heavy (non-hydrogen) atoms. The second kappa shape index (κ2) is 4.27. The Morgan fingerprint density at radius 2 is 2.00 bits per heavy atom. The van der Waals surface area contributed by atoms with Crippen LogP contribution in [-0.2, 0) is 4.74 Å². The predicted octanol–water partition coefficient (Wildman–Crippen LogP) is -1.40. The average Bonchev–Trinajstić information content (AvgIpc) is 1.90. The summed E-state index contributed by atoms with van der Waals surface area (Å²) in [5.74, 6) is 0. The van der Waals surface area contributed by atoms with Crippen LogP contribution in [0.15, 0.2) is 0 Å². The van der Waals surface area contributed by atoms with Gasteiger partial charge in [0, 0.05) is 0 Å². The van der Waals surface area contributed by atoms with Crippen molar-refractivity contribution in [2.45, 2.75) is 16.8 Å². The van der Waals surface area contributed by atoms with Gasteiger partial charge in [-0.2, -0.15) is 0 Å². The van der Waals surface area contributed by atoms with Crippen molar-refractivity contribution in [2.24, 2.45) is 0 Å². The average molecular weight is 339 g/mol. The van der Waals surface area contributed by atoms with Gasteiger partial charge in [-0.1, -0.05) is 0 Å². The molecule has 1 aliphatic heterocycles. The molecular weight excluding hydrogens is 330 g/mol. The molecule has 0 aromatic heterocycles. The summed E-state index contributed by atoms with van der Waals surface area (Å²) in [5.41, 5.74) is 0. The fraction of sp³-hybridized carbons (Fsp3) is 1.00. The topological polar surface area (TPSA) is 9.23 Å². The molecule has 0 unspecified atom stereocenters. The molecule has 0 radical (unpaired) electrons. The molecule has 1 saturated heterocycles. The van der Waals surface area contributed by atoms with Crippen LogP contribution < -0.4 is 17.2 Å². The molecule has 0 spiro atoms. The Bertz CT molecular complexity index is 61.4. The Morgan fingerprint density at radius 3 is 2.38 bits per heavy atom. The monoisotopic (exact) mass is 339 g/mol. The van der Waals surface area contributed by atoms with Gasteiger partial charge >= 0.3 is 70.6 Å². The summed E-state index contributed by atoms with van der Waals surface area (Å²) in [7, 11) is 0. The van der Waals surface area contributed by atoms with Crippen molar-refractivity contribution < 1.29 is 22.0 Å². The third-order valence-electron chi connectivity index (χ3n) is 1.27. The van der Waals surface area contributed by atoms with E-state index < -0.39 is 0 Å². The fourth-order valence-corrected chi connectivity index (χ4v) is 4.89. The van der Waals surface area contributed by atoms with Crippen LogP contribution in [0, 0.1) is 0 Å². The number of alkyl halides is 1. The Balaban J connectivity index is 2.13. The fourth-order valence-electron chi connectivity index (χ4n) is 0.751. The van der Waals surface area contributed by atoms with Crippen LogP contribution in [0.25, 0.3) is 0 Å². The van der Waals surface area contributed by atoms with Crippen molar-refractivity contribution in [3.05, 3.63) is 0 Å². The van der Waals surface area contributed by atoms with E-state index in [2.05, 4.69) is 18.6 Å². The summed E-state index contributed by atoms with van der Waals surface area (Å²) >= 11 is 3.04. The van der Waals surface area contributed by atoms with E-state index >= 15 is 0 Å². The molecule has 1 aliphatic rings. The van der Waals surface area contributed by atoms with Gasteiger partial charge in [0.05, 0.1) is 0 Å². The van der Waals surface area contributed by atoms with Gasteiger partial charge in [0.1, 0.15) is 0 Å². The van der Waals surface area contributed by atoms with Crippen LogP contribution in [0.1, 0.15) is 12.8 Å². The van der Waals surface area contributed by atoms with E-state index in [1.165, 1.54) is 12.8 Å². The Hall–Kier alpha value is 1.42. The van der Waals surface area contributed by atoms with Crippen molar-refractivity contribution >= 4 is 18.6 Å². The first-order valence-corrected chi connectivity index (χ1v) is 10.3. The molecule has 0 aliphatic carbocycles. The Kier molecular flexibility index (Phi) is 4.02. The molecule has 0 bridgehead atoms. The standard InChI is InChI=1S/C5H9I2O/c6-7-5-1-3-8-4-2-5/h5H,1-4H2/q-1. The van der Waals surface area contributed by atoms with Gasteiger partial charge in [-0.3, -0.25) is 0 Å². The van der Waals surface area contributed by atoms with E-state index in [9.17, 15) is 0 Å². The summed E-state index contributed by atoms with van der Waals surface area (Å²) < 4.78 is 6.27. The third-order valence-corrected chi connectivity index (χ3v) is 7.65. The van der Waals surface area contributed by atoms with Crippen molar-refractivity contribution in [2.75, 3.05) is 13.2 Å². The van der Waals surface area contributed by atoms with Crippen LogP contribution in [0.3, 0.4) is 0 Å². The molecule has 0 N–H and O–H groups in total. The summed E-state index contributed by atoms with van der Waals surface area (Å²) in [4.78, 5) is 0. The summed E-state index contributed by atoms with van der Waals surface area (Å²) in [6.07, 6.45) is 2.66. The zero-order valence-electron chi connectivity index (χ0n) is 4.57. The van der Waals surface area contributed by atoms with Crippen molar-refractivity contribution in [1.29, 1.82) is 0 Å². The zero-order valence-corrected chi connectivity index (χ0v) is 8.88. The number of halogens is 2. The minimum absolute atomic E-state index is 0.476. The van der Waals surface area contributed by atoms with Gasteiger partial charge < -0.3 is 0 Å². The molecular formula is C5H9I2O-. The quantitative estimate of drug-likeness (QED) is 0.422. The molecule has 1 rings (SSSR count). The van der Waals surface area contributed by atoms with E-state index in [0.29, 0.717) is 17.2 Å². The number of hydrogen-bond donors (Lipinski definition) is 0. The Labute approximate surface area is 70.0 Å². The van der Waals surface area contributed by atoms with Crippen LogP contribution in [0.4, 0.5) is 0 Å². The van der Waals surface area contributed by atoms with E-state index in [1.54, 1.807) is 0 Å². The first-order valence-electron chi connectivity index (χ1n) is 2.75. The molecule has 0 saturated carbocycles. The minimum atomic E-state index is 0.476. The van der Waals surface area contributed by atoms with Gasteiger partial charge in [0.25, 0.3) is 0 Å². The molecule has 1 fully saturated rings. The van der Waals surface area contributed by atoms with Gasteiger partial charge in [-0.15, -0.1) is 0 Å². The van der Waals surface area contributed by atoms with E-state index in [-0.39, 0.29) is 0 Å². The summed E-state index contributed by atoms with van der Waals surface area (Å²) in [5, 5.41) is 0. The normalized spacial score (nSPS) is 24.1. The number of ether oxygens (including phenoxy) is 1. The maximum atomic E-state index is 5.22. The summed E-state index contributed by atoms with van der Waals surface area (Å²) in [6, 6.07) is 0. The SMILES string of the molecule is I[I-]C1CCOCC1. The van der Waals surface area contributed by atoms with Crippen LogP contribution in [-0.4, -0.2) is 17.1 Å². The van der Waals surface area contributed by atoms with Crippen molar-refractivity contribution in [3.8, 4) is 0 Å². The second-order valence-corrected chi connectivity index (χ2v) is 7.26. The van der Waals surface area contributed by atoms with E-state index in [1.807, 2.05) is 0 Å². The Morgan fingerprint density at radius 1 is 1.38 bits per heavy atom. The zero-order chi connectivity index (χ0) is 5.82. The van der Waals surface area contributed by atoms with Crippen molar-refractivity contribution in [3.63, 3.8) is 0 Å². The van der Waals surface area contributed by atoms with Crippen LogP contribution in [0.2, 0.25) is 0 Å². The molecule has 0 atom stereocenters. The number of hydrogen-bond acceptors (Lipinski definition) is 1. The molecule has 3 heteroatoms. The number of rotatable bonds is 1. The van der Waals surface area contributed by atoms with E-state index in [0.717, 1.165) is 17.1 Å². The molecule has 0 amide bonds. The molecule has 50 valence electrons. The molecule has 1 nitrogen and oxygen atoms in total. The van der Waals surface area contributed by atoms with E-state index in [4.69, 9.17) is 4.74 Å². The first-order chi connectivity index (χ1) is 3.93. The summed E-state index contributed by atoms with van der Waals surface area (Å²) in [6.45, 7) is 2.04.